The van der Waals surface area contributed by atoms with Crippen LogP contribution in [0.4, 0.5) is 39.5 Å². The molecule has 16 heteroatoms. The predicted octanol–water partition coefficient (Wildman–Crippen LogP) is 10.1. The topological polar surface area (TPSA) is 74.3 Å². The summed E-state index contributed by atoms with van der Waals surface area (Å²) >= 11 is 1.71. The lowest BCUT2D eigenvalue weighted by molar-refractivity contribution is -0.382. The van der Waals surface area contributed by atoms with E-state index < -0.39 is 33.4 Å². The van der Waals surface area contributed by atoms with E-state index in [1.165, 1.54) is 19.6 Å². The van der Waals surface area contributed by atoms with Crippen molar-refractivity contribution in [1.82, 2.24) is 0 Å². The molecule has 0 radical (unpaired) electrons. The van der Waals surface area contributed by atoms with E-state index in [1.807, 2.05) is 54.6 Å². The van der Waals surface area contributed by atoms with Crippen LogP contribution < -0.4 is 0 Å². The molecule has 0 N–H and O–H groups in total. The Hall–Kier alpha value is -4.25. The number of halogens is 9. The van der Waals surface area contributed by atoms with Crippen LogP contribution in [-0.4, -0.2) is 42.0 Å². The molecule has 5 aromatic carbocycles. The molecular formula is C35H23F9O4S3. The molecule has 0 atom stereocenters. The number of alkyl halides is 9. The number of benzene rings is 5. The number of carbonyl (C=O) groups is 1. The van der Waals surface area contributed by atoms with E-state index in [1.54, 1.807) is 11.8 Å². The van der Waals surface area contributed by atoms with Crippen LogP contribution in [0.3, 0.4) is 0 Å². The van der Waals surface area contributed by atoms with E-state index in [-0.39, 0.29) is 16.7 Å². The highest BCUT2D eigenvalue weighted by Gasteiger charge is 2.83. The second kappa shape index (κ2) is 15.6. The summed E-state index contributed by atoms with van der Waals surface area (Å²) in [7, 11) is -7.56. The maximum Gasteiger partial charge on any atom is 0.460 e. The lowest BCUT2D eigenvalue weighted by Crippen LogP contribution is -2.63. The van der Waals surface area contributed by atoms with Gasteiger partial charge in [0.2, 0.25) is 0 Å². The van der Waals surface area contributed by atoms with E-state index in [0.29, 0.717) is 11.1 Å². The first-order chi connectivity index (χ1) is 23.8. The summed E-state index contributed by atoms with van der Waals surface area (Å²) in [5, 5.41) is -7.11. The fraction of sp³-hybridized carbons (Fsp3) is 0.114. The normalized spacial score (nSPS) is 12.6. The van der Waals surface area contributed by atoms with Gasteiger partial charge in [-0.05, 0) is 72.8 Å². The average molecular weight is 775 g/mol. The molecular weight excluding hydrogens is 752 g/mol. The Balaban J connectivity index is 0.000000292. The van der Waals surface area contributed by atoms with E-state index in [4.69, 9.17) is 0 Å². The Morgan fingerprint density at radius 2 is 0.863 bits per heavy atom. The van der Waals surface area contributed by atoms with Gasteiger partial charge in [0.25, 0.3) is 0 Å². The zero-order valence-electron chi connectivity index (χ0n) is 25.5. The van der Waals surface area contributed by atoms with Crippen molar-refractivity contribution in [1.29, 1.82) is 0 Å². The largest absolute Gasteiger partial charge is 0.743 e. The molecule has 0 unspecified atom stereocenters. The van der Waals surface area contributed by atoms with Crippen LogP contribution in [0.2, 0.25) is 0 Å². The van der Waals surface area contributed by atoms with Crippen molar-refractivity contribution < 1.29 is 57.3 Å². The van der Waals surface area contributed by atoms with Gasteiger partial charge in [-0.2, -0.15) is 39.5 Å². The molecule has 0 aliphatic carbocycles. The van der Waals surface area contributed by atoms with Crippen LogP contribution in [0.1, 0.15) is 15.9 Å². The molecule has 51 heavy (non-hydrogen) atoms. The quantitative estimate of drug-likeness (QED) is 0.0612. The average Bonchev–Trinajstić information content (AvgIpc) is 3.10. The molecule has 0 spiro atoms. The maximum absolute atomic E-state index is 12.6. The van der Waals surface area contributed by atoms with Crippen molar-refractivity contribution in [3.05, 3.63) is 151 Å². The minimum Gasteiger partial charge on any atom is -0.743 e. The summed E-state index contributed by atoms with van der Waals surface area (Å²) in [6.45, 7) is 0. The van der Waals surface area contributed by atoms with Gasteiger partial charge in [-0.15, -0.1) is 0 Å². The highest BCUT2D eigenvalue weighted by Crippen LogP contribution is 2.54. The lowest BCUT2D eigenvalue weighted by Gasteiger charge is -2.34. The number of carbonyl (C=O) groups excluding carboxylic acids is 1. The zero-order valence-corrected chi connectivity index (χ0v) is 28.0. The van der Waals surface area contributed by atoms with E-state index in [9.17, 15) is 57.3 Å². The van der Waals surface area contributed by atoms with E-state index in [2.05, 4.69) is 84.9 Å². The number of hydrogen-bond acceptors (Lipinski definition) is 5. The minimum atomic E-state index is -7.43. The Kier molecular flexibility index (Phi) is 12.1. The fourth-order valence-electron chi connectivity index (χ4n) is 4.25. The third-order valence-electron chi connectivity index (χ3n) is 6.84. The molecule has 268 valence electrons. The van der Waals surface area contributed by atoms with E-state index in [0.717, 1.165) is 4.90 Å². The smallest absolute Gasteiger partial charge is 0.460 e. The molecule has 0 heterocycles. The predicted molar refractivity (Wildman–Crippen MR) is 173 cm³/mol. The number of hydrogen-bond donors (Lipinski definition) is 0. The van der Waals surface area contributed by atoms with Crippen LogP contribution in [0.25, 0.3) is 0 Å². The molecule has 0 fully saturated rings. The van der Waals surface area contributed by atoms with Gasteiger partial charge < -0.3 is 4.55 Å². The van der Waals surface area contributed by atoms with Crippen molar-refractivity contribution in [3.8, 4) is 0 Å². The Morgan fingerprint density at radius 1 is 0.510 bits per heavy atom. The molecule has 0 bridgehead atoms. The van der Waals surface area contributed by atoms with Gasteiger partial charge in [-0.25, -0.2) is 8.42 Å². The van der Waals surface area contributed by atoms with Crippen LogP contribution in [0, 0.1) is 0 Å². The van der Waals surface area contributed by atoms with Crippen molar-refractivity contribution in [3.63, 3.8) is 0 Å². The van der Waals surface area contributed by atoms with Crippen molar-refractivity contribution in [2.45, 2.75) is 47.8 Å². The van der Waals surface area contributed by atoms with Crippen LogP contribution >= 0.6 is 11.8 Å². The second-order valence-corrected chi connectivity index (χ2v) is 14.9. The van der Waals surface area contributed by atoms with Gasteiger partial charge >= 0.3 is 23.3 Å². The molecule has 5 aromatic rings. The minimum absolute atomic E-state index is 0.0513. The zero-order chi connectivity index (χ0) is 37.7. The first-order valence-corrected chi connectivity index (χ1v) is 17.7. The molecule has 5 rings (SSSR count). The van der Waals surface area contributed by atoms with Gasteiger partial charge in [0.15, 0.2) is 30.6 Å². The molecule has 0 aliphatic rings. The standard InChI is InChI=1S/C31H23OS2.C4HF9O3S/c32-31(24-10-4-1-5-11-24)25-16-18-26(19-17-25)33-27-20-22-30(23-21-27)34(28-12-6-2-7-13-28)29-14-8-3-9-15-29;5-1(6,3(9,10)11)2(7,8)4(12,13)17(14,15)16/h1-23H;(H,14,15,16)/q+1;/p-1. The summed E-state index contributed by atoms with van der Waals surface area (Å²) in [4.78, 5) is 18.9. The lowest BCUT2D eigenvalue weighted by atomic mass is 10.0. The number of ketones is 1. The van der Waals surface area contributed by atoms with Gasteiger partial charge in [-0.1, -0.05) is 78.5 Å². The SMILES string of the molecule is O=C(c1ccccc1)c1ccc(Sc2ccc([S+](c3ccccc3)c3ccccc3)cc2)cc1.O=S(=O)([O-])C(F)(F)C(F)(F)C(F)(F)C(F)(F)F. The van der Waals surface area contributed by atoms with Crippen LogP contribution in [0.5, 0.6) is 0 Å². The molecule has 0 amide bonds. The molecule has 4 nitrogen and oxygen atoms in total. The van der Waals surface area contributed by atoms with Crippen molar-refractivity contribution >= 4 is 38.6 Å². The fourth-order valence-corrected chi connectivity index (χ4v) is 7.59. The molecule has 0 saturated carbocycles. The highest BCUT2D eigenvalue weighted by molar-refractivity contribution is 7.99. The van der Waals surface area contributed by atoms with Crippen LogP contribution in [0.15, 0.2) is 164 Å². The highest BCUT2D eigenvalue weighted by atomic mass is 32.2. The molecule has 0 aromatic heterocycles. The molecule has 0 aliphatic heterocycles. The Labute approximate surface area is 293 Å². The van der Waals surface area contributed by atoms with Crippen molar-refractivity contribution in [2.24, 2.45) is 0 Å². The van der Waals surface area contributed by atoms with E-state index >= 15 is 0 Å². The molecule has 0 saturated heterocycles. The monoisotopic (exact) mass is 774 g/mol. The van der Waals surface area contributed by atoms with Crippen LogP contribution in [-0.2, 0) is 21.0 Å². The summed E-state index contributed by atoms with van der Waals surface area (Å²) in [5.41, 5.74) is 1.42. The van der Waals surface area contributed by atoms with Crippen molar-refractivity contribution in [2.75, 3.05) is 0 Å². The maximum atomic E-state index is 12.6. The summed E-state index contributed by atoms with van der Waals surface area (Å²) in [6, 6.07) is 47.5. The Bertz CT molecular complexity index is 1970. The van der Waals surface area contributed by atoms with Gasteiger partial charge in [0, 0.05) is 20.9 Å². The Morgan fingerprint density at radius 3 is 1.25 bits per heavy atom. The first-order valence-electron chi connectivity index (χ1n) is 14.3. The summed E-state index contributed by atoms with van der Waals surface area (Å²) in [6.07, 6.45) is -7.16. The summed E-state index contributed by atoms with van der Waals surface area (Å²) < 4.78 is 135. The third kappa shape index (κ3) is 8.80. The van der Waals surface area contributed by atoms with Gasteiger partial charge in [0.05, 0.1) is 10.9 Å². The first kappa shape index (κ1) is 39.5. The second-order valence-electron chi connectivity index (χ2n) is 10.3. The van der Waals surface area contributed by atoms with Gasteiger partial charge in [-0.3, -0.25) is 4.79 Å². The summed E-state index contributed by atoms with van der Waals surface area (Å²) in [5.74, 6) is -14.8. The van der Waals surface area contributed by atoms with Gasteiger partial charge in [0.1, 0.15) is 0 Å². The number of rotatable bonds is 10. The third-order valence-corrected chi connectivity index (χ3v) is 11.0.